The van der Waals surface area contributed by atoms with Crippen molar-refractivity contribution in [3.63, 3.8) is 0 Å². The van der Waals surface area contributed by atoms with Gasteiger partial charge < -0.3 is 4.57 Å². The molecule has 0 atom stereocenters. The van der Waals surface area contributed by atoms with Crippen LogP contribution in [0.1, 0.15) is 0 Å². The first-order chi connectivity index (χ1) is 30.7. The van der Waals surface area contributed by atoms with Gasteiger partial charge in [0.05, 0.1) is 11.0 Å². The standard InChI is InChI=1S/C57H34N4S/c1-2-16-38-32-52-50(31-37(38)15-1)43-21-7-9-25-51(43)61(52)40-28-30-48(49(34-40)39-27-29-45-44-22-8-10-26-53(44)62-54(45)33-39)57-59-55(46-23-11-17-35-13-3-5-19-41(35)46)58-56(60-57)47-24-12-18-36-14-4-6-20-42(36)47/h1-34H. The minimum atomic E-state index is 0.622. The Morgan fingerprint density at radius 3 is 1.56 bits per heavy atom. The molecule has 0 amide bonds. The van der Waals surface area contributed by atoms with E-state index in [-0.39, 0.29) is 0 Å². The number of fused-ring (bicyclic) bond motifs is 9. The monoisotopic (exact) mass is 806 g/mol. The first-order valence-electron chi connectivity index (χ1n) is 20.9. The molecular formula is C57H34N4S. The van der Waals surface area contributed by atoms with Gasteiger partial charge in [-0.05, 0) is 92.0 Å². The van der Waals surface area contributed by atoms with Crippen LogP contribution in [0.5, 0.6) is 0 Å². The summed E-state index contributed by atoms with van der Waals surface area (Å²) in [6, 6.07) is 74.0. The van der Waals surface area contributed by atoms with Crippen molar-refractivity contribution in [1.82, 2.24) is 19.5 Å². The molecule has 0 spiro atoms. The van der Waals surface area contributed by atoms with Crippen LogP contribution in [0.3, 0.4) is 0 Å². The van der Waals surface area contributed by atoms with Crippen molar-refractivity contribution in [1.29, 1.82) is 0 Å². The van der Waals surface area contributed by atoms with E-state index in [1.807, 2.05) is 11.3 Å². The smallest absolute Gasteiger partial charge is 0.164 e. The Bertz CT molecular complexity index is 3840. The van der Waals surface area contributed by atoms with Crippen molar-refractivity contribution in [2.45, 2.75) is 0 Å². The molecule has 4 nitrogen and oxygen atoms in total. The summed E-state index contributed by atoms with van der Waals surface area (Å²) < 4.78 is 4.94. The topological polar surface area (TPSA) is 43.6 Å². The highest BCUT2D eigenvalue weighted by molar-refractivity contribution is 7.25. The molecule has 0 aliphatic rings. The molecule has 62 heavy (non-hydrogen) atoms. The summed E-state index contributed by atoms with van der Waals surface area (Å²) in [7, 11) is 0. The largest absolute Gasteiger partial charge is 0.309 e. The molecule has 288 valence electrons. The second-order valence-electron chi connectivity index (χ2n) is 16.0. The third-order valence-corrected chi connectivity index (χ3v) is 13.6. The molecule has 0 N–H and O–H groups in total. The van der Waals surface area contributed by atoms with E-state index in [9.17, 15) is 0 Å². The lowest BCUT2D eigenvalue weighted by Crippen LogP contribution is -2.03. The minimum Gasteiger partial charge on any atom is -0.309 e. The quantitative estimate of drug-likeness (QED) is 0.174. The van der Waals surface area contributed by atoms with Crippen molar-refractivity contribution in [2.24, 2.45) is 0 Å². The summed E-state index contributed by atoms with van der Waals surface area (Å²) in [5.74, 6) is 1.90. The van der Waals surface area contributed by atoms with Crippen LogP contribution in [-0.4, -0.2) is 19.5 Å². The second kappa shape index (κ2) is 13.8. The lowest BCUT2D eigenvalue weighted by atomic mass is 9.96. The van der Waals surface area contributed by atoms with E-state index in [4.69, 9.17) is 15.0 Å². The molecule has 13 rings (SSSR count). The van der Waals surface area contributed by atoms with Gasteiger partial charge in [-0.2, -0.15) is 0 Å². The zero-order valence-electron chi connectivity index (χ0n) is 33.3. The highest BCUT2D eigenvalue weighted by Gasteiger charge is 2.21. The van der Waals surface area contributed by atoms with E-state index in [1.54, 1.807) is 0 Å². The van der Waals surface area contributed by atoms with E-state index in [1.165, 1.54) is 47.2 Å². The molecule has 13 aromatic rings. The SMILES string of the molecule is c1ccc2cc3c(cc2c1)c1ccccc1n3-c1ccc(-c2nc(-c3cccc4ccccc34)nc(-c3cccc4ccccc34)n2)c(-c2ccc3c(c2)sc2ccccc23)c1. The summed E-state index contributed by atoms with van der Waals surface area (Å²) in [4.78, 5) is 16.1. The molecular weight excluding hydrogens is 773 g/mol. The van der Waals surface area contributed by atoms with Gasteiger partial charge in [0.15, 0.2) is 17.5 Å². The molecule has 3 heterocycles. The Hall–Kier alpha value is -7.99. The Labute approximate surface area is 360 Å². The first kappa shape index (κ1) is 34.8. The van der Waals surface area contributed by atoms with Gasteiger partial charge >= 0.3 is 0 Å². The molecule has 5 heteroatoms. The average molecular weight is 807 g/mol. The van der Waals surface area contributed by atoms with E-state index >= 15 is 0 Å². The van der Waals surface area contributed by atoms with E-state index in [0.717, 1.165) is 60.6 Å². The van der Waals surface area contributed by atoms with Crippen molar-refractivity contribution in [3.05, 3.63) is 206 Å². The van der Waals surface area contributed by atoms with Gasteiger partial charge in [-0.1, -0.05) is 158 Å². The fraction of sp³-hybridized carbons (Fsp3) is 0. The van der Waals surface area contributed by atoms with Gasteiger partial charge in [0.1, 0.15) is 0 Å². The van der Waals surface area contributed by atoms with Crippen LogP contribution in [0.4, 0.5) is 0 Å². The maximum absolute atomic E-state index is 5.41. The van der Waals surface area contributed by atoms with Gasteiger partial charge in [0, 0.05) is 53.3 Å². The number of hydrogen-bond acceptors (Lipinski definition) is 4. The number of hydrogen-bond donors (Lipinski definition) is 0. The number of rotatable bonds is 5. The van der Waals surface area contributed by atoms with Crippen LogP contribution < -0.4 is 0 Å². The number of thiophene rings is 1. The Morgan fingerprint density at radius 1 is 0.306 bits per heavy atom. The zero-order chi connectivity index (χ0) is 40.7. The molecule has 0 bridgehead atoms. The normalized spacial score (nSPS) is 11.9. The molecule has 3 aromatic heterocycles. The van der Waals surface area contributed by atoms with Crippen LogP contribution in [0.2, 0.25) is 0 Å². The number of nitrogens with zero attached hydrogens (tertiary/aromatic N) is 4. The Morgan fingerprint density at radius 2 is 0.855 bits per heavy atom. The van der Waals surface area contributed by atoms with Crippen molar-refractivity contribution in [3.8, 4) is 51.0 Å². The van der Waals surface area contributed by atoms with Crippen LogP contribution in [0, 0.1) is 0 Å². The van der Waals surface area contributed by atoms with E-state index in [0.29, 0.717) is 17.5 Å². The van der Waals surface area contributed by atoms with Crippen LogP contribution >= 0.6 is 11.3 Å². The summed E-state index contributed by atoms with van der Waals surface area (Å²) >= 11 is 1.83. The molecule has 0 saturated heterocycles. The van der Waals surface area contributed by atoms with Crippen molar-refractivity contribution < 1.29 is 0 Å². The van der Waals surface area contributed by atoms with E-state index < -0.39 is 0 Å². The summed E-state index contributed by atoms with van der Waals surface area (Å²) in [6.07, 6.45) is 0. The Balaban J connectivity index is 1.11. The van der Waals surface area contributed by atoms with Crippen LogP contribution in [0.25, 0.3) is 125 Å². The fourth-order valence-corrected chi connectivity index (χ4v) is 10.7. The van der Waals surface area contributed by atoms with Gasteiger partial charge in [0.2, 0.25) is 0 Å². The summed E-state index contributed by atoms with van der Waals surface area (Å²) in [6.45, 7) is 0. The lowest BCUT2D eigenvalue weighted by Gasteiger charge is -2.16. The predicted molar refractivity (Wildman–Crippen MR) is 261 cm³/mol. The summed E-state index contributed by atoms with van der Waals surface area (Å²) in [5, 5.41) is 11.9. The molecule has 0 aliphatic carbocycles. The number of benzene rings is 10. The maximum Gasteiger partial charge on any atom is 0.164 e. The first-order valence-corrected chi connectivity index (χ1v) is 21.7. The fourth-order valence-electron chi connectivity index (χ4n) is 9.51. The molecule has 0 fully saturated rings. The molecule has 10 aromatic carbocycles. The van der Waals surface area contributed by atoms with Crippen LogP contribution in [-0.2, 0) is 0 Å². The minimum absolute atomic E-state index is 0.622. The molecule has 0 saturated carbocycles. The summed E-state index contributed by atoms with van der Waals surface area (Å²) in [5.41, 5.74) is 8.42. The van der Waals surface area contributed by atoms with E-state index in [2.05, 4.69) is 211 Å². The second-order valence-corrected chi connectivity index (χ2v) is 17.1. The third-order valence-electron chi connectivity index (χ3n) is 12.4. The van der Waals surface area contributed by atoms with Crippen LogP contribution in [0.15, 0.2) is 206 Å². The van der Waals surface area contributed by atoms with Crippen molar-refractivity contribution in [2.75, 3.05) is 0 Å². The van der Waals surface area contributed by atoms with Gasteiger partial charge in [-0.3, -0.25) is 0 Å². The van der Waals surface area contributed by atoms with Gasteiger partial charge in [-0.15, -0.1) is 11.3 Å². The Kier molecular flexibility index (Phi) is 7.74. The van der Waals surface area contributed by atoms with Gasteiger partial charge in [-0.25, -0.2) is 15.0 Å². The number of para-hydroxylation sites is 1. The molecule has 0 unspecified atom stereocenters. The third kappa shape index (κ3) is 5.49. The van der Waals surface area contributed by atoms with Gasteiger partial charge in [0.25, 0.3) is 0 Å². The lowest BCUT2D eigenvalue weighted by molar-refractivity contribution is 1.08. The zero-order valence-corrected chi connectivity index (χ0v) is 34.1. The highest BCUT2D eigenvalue weighted by atomic mass is 32.1. The highest BCUT2D eigenvalue weighted by Crippen LogP contribution is 2.42. The number of aromatic nitrogens is 4. The predicted octanol–water partition coefficient (Wildman–Crippen LogP) is 15.5. The van der Waals surface area contributed by atoms with Crippen molar-refractivity contribution >= 4 is 85.6 Å². The molecule has 0 radical (unpaired) electrons. The maximum atomic E-state index is 5.41. The molecule has 0 aliphatic heterocycles. The average Bonchev–Trinajstić information content (AvgIpc) is 3.87.